The van der Waals surface area contributed by atoms with Crippen molar-refractivity contribution in [3.05, 3.63) is 22.0 Å². The van der Waals surface area contributed by atoms with E-state index in [4.69, 9.17) is 5.73 Å². The monoisotopic (exact) mass is 265 g/mol. The summed E-state index contributed by atoms with van der Waals surface area (Å²) < 4.78 is 1.84. The molecule has 2 aromatic rings. The molecule has 98 valence electrons. The zero-order valence-electron chi connectivity index (χ0n) is 11.3. The van der Waals surface area contributed by atoms with Gasteiger partial charge < -0.3 is 5.73 Å². The highest BCUT2D eigenvalue weighted by Crippen LogP contribution is 2.23. The Bertz CT molecular complexity index is 521. The number of hydrogen-bond acceptors (Lipinski definition) is 5. The zero-order valence-corrected chi connectivity index (χ0v) is 12.1. The molecule has 0 saturated carbocycles. The summed E-state index contributed by atoms with van der Waals surface area (Å²) in [6, 6.07) is 0. The van der Waals surface area contributed by atoms with Gasteiger partial charge in [0.05, 0.1) is 17.1 Å². The van der Waals surface area contributed by atoms with Crippen molar-refractivity contribution in [2.75, 3.05) is 0 Å². The maximum absolute atomic E-state index is 5.72. The van der Waals surface area contributed by atoms with E-state index in [2.05, 4.69) is 36.1 Å². The summed E-state index contributed by atoms with van der Waals surface area (Å²) in [4.78, 5) is 5.75. The van der Waals surface area contributed by atoms with Crippen molar-refractivity contribution >= 4 is 11.3 Å². The summed E-state index contributed by atoms with van der Waals surface area (Å²) in [6.45, 7) is 8.86. The van der Waals surface area contributed by atoms with Gasteiger partial charge in [0.25, 0.3) is 0 Å². The van der Waals surface area contributed by atoms with E-state index < -0.39 is 0 Å². The molecule has 0 saturated heterocycles. The number of aryl methyl sites for hydroxylation is 2. The van der Waals surface area contributed by atoms with Gasteiger partial charge in [0.1, 0.15) is 0 Å². The van der Waals surface area contributed by atoms with Crippen LogP contribution >= 0.6 is 11.3 Å². The molecule has 0 bridgehead atoms. The van der Waals surface area contributed by atoms with Crippen LogP contribution in [-0.4, -0.2) is 20.0 Å². The Morgan fingerprint density at radius 2 is 2.06 bits per heavy atom. The van der Waals surface area contributed by atoms with Gasteiger partial charge in [-0.05, 0) is 26.2 Å². The average molecular weight is 265 g/mol. The second-order valence-corrected chi connectivity index (χ2v) is 6.02. The minimum absolute atomic E-state index is 0.422. The third-order valence-corrected chi connectivity index (χ3v) is 3.89. The lowest BCUT2D eigenvalue weighted by Gasteiger charge is -2.07. The van der Waals surface area contributed by atoms with Crippen LogP contribution in [0.3, 0.4) is 0 Å². The molecule has 0 atom stereocenters. The first-order valence-electron chi connectivity index (χ1n) is 6.10. The van der Waals surface area contributed by atoms with Gasteiger partial charge in [0, 0.05) is 11.4 Å². The maximum Gasteiger partial charge on any atom is 0.212 e. The molecule has 5 nitrogen and oxygen atoms in total. The van der Waals surface area contributed by atoms with Crippen molar-refractivity contribution < 1.29 is 0 Å². The van der Waals surface area contributed by atoms with E-state index in [1.165, 1.54) is 4.88 Å². The van der Waals surface area contributed by atoms with Crippen molar-refractivity contribution in [3.8, 4) is 5.13 Å². The van der Waals surface area contributed by atoms with Gasteiger partial charge in [-0.3, -0.25) is 0 Å². The molecule has 6 heteroatoms. The molecule has 0 aromatic carbocycles. The SMILES string of the molecule is Cc1nc(-n2nnc(CN)c2CC(C)C)sc1C. The first kappa shape index (κ1) is 13.2. The van der Waals surface area contributed by atoms with Crippen LogP contribution in [0.1, 0.15) is 35.8 Å². The molecule has 2 aromatic heterocycles. The molecular formula is C12H19N5S. The Balaban J connectivity index is 2.46. The molecule has 0 amide bonds. The van der Waals surface area contributed by atoms with Crippen LogP contribution in [0.15, 0.2) is 0 Å². The van der Waals surface area contributed by atoms with Gasteiger partial charge in [-0.25, -0.2) is 4.98 Å². The number of rotatable bonds is 4. The van der Waals surface area contributed by atoms with Crippen molar-refractivity contribution in [2.45, 2.75) is 40.7 Å². The molecule has 2 rings (SSSR count). The van der Waals surface area contributed by atoms with E-state index in [1.54, 1.807) is 11.3 Å². The largest absolute Gasteiger partial charge is 0.325 e. The Labute approximate surface area is 111 Å². The summed E-state index contributed by atoms with van der Waals surface area (Å²) in [5.41, 5.74) is 8.73. The second kappa shape index (κ2) is 5.16. The molecule has 0 unspecified atom stereocenters. The predicted molar refractivity (Wildman–Crippen MR) is 72.9 cm³/mol. The standard InChI is InChI=1S/C12H19N5S/c1-7(2)5-11-10(6-13)15-16-17(11)12-14-8(3)9(4)18-12/h7H,5-6,13H2,1-4H3. The van der Waals surface area contributed by atoms with Gasteiger partial charge in [0.2, 0.25) is 5.13 Å². The number of hydrogen-bond donors (Lipinski definition) is 1. The number of nitrogens with two attached hydrogens (primary N) is 1. The fraction of sp³-hybridized carbons (Fsp3) is 0.583. The highest BCUT2D eigenvalue weighted by molar-refractivity contribution is 7.14. The second-order valence-electron chi connectivity index (χ2n) is 4.83. The van der Waals surface area contributed by atoms with Crippen molar-refractivity contribution in [1.82, 2.24) is 20.0 Å². The van der Waals surface area contributed by atoms with Crippen LogP contribution in [0.2, 0.25) is 0 Å². The summed E-state index contributed by atoms with van der Waals surface area (Å²) in [6.07, 6.45) is 0.914. The van der Waals surface area contributed by atoms with Gasteiger partial charge in [-0.15, -0.1) is 5.10 Å². The molecule has 2 N–H and O–H groups in total. The summed E-state index contributed by atoms with van der Waals surface area (Å²) in [5.74, 6) is 0.537. The molecule has 0 spiro atoms. The highest BCUT2D eigenvalue weighted by atomic mass is 32.1. The minimum atomic E-state index is 0.422. The van der Waals surface area contributed by atoms with Crippen LogP contribution in [0, 0.1) is 19.8 Å². The van der Waals surface area contributed by atoms with E-state index in [-0.39, 0.29) is 0 Å². The topological polar surface area (TPSA) is 69.6 Å². The van der Waals surface area contributed by atoms with Gasteiger partial charge in [0.15, 0.2) is 0 Å². The molecular weight excluding hydrogens is 246 g/mol. The minimum Gasteiger partial charge on any atom is -0.325 e. The average Bonchev–Trinajstić information content (AvgIpc) is 2.83. The van der Waals surface area contributed by atoms with Crippen molar-refractivity contribution in [3.63, 3.8) is 0 Å². The molecule has 0 radical (unpaired) electrons. The highest BCUT2D eigenvalue weighted by Gasteiger charge is 2.17. The van der Waals surface area contributed by atoms with Crippen LogP contribution < -0.4 is 5.73 Å². The maximum atomic E-state index is 5.72. The normalized spacial score (nSPS) is 11.4. The van der Waals surface area contributed by atoms with Crippen molar-refractivity contribution in [2.24, 2.45) is 11.7 Å². The summed E-state index contributed by atoms with van der Waals surface area (Å²) >= 11 is 1.64. The van der Waals surface area contributed by atoms with E-state index >= 15 is 0 Å². The van der Waals surface area contributed by atoms with E-state index in [9.17, 15) is 0 Å². The Kier molecular flexibility index (Phi) is 3.77. The van der Waals surface area contributed by atoms with E-state index in [1.807, 2.05) is 11.6 Å². The lowest BCUT2D eigenvalue weighted by atomic mass is 10.1. The molecule has 0 aliphatic carbocycles. The predicted octanol–water partition coefficient (Wildman–Crippen LogP) is 2.00. The first-order valence-corrected chi connectivity index (χ1v) is 6.92. The quantitative estimate of drug-likeness (QED) is 0.918. The van der Waals surface area contributed by atoms with Crippen molar-refractivity contribution in [1.29, 1.82) is 0 Å². The smallest absolute Gasteiger partial charge is 0.212 e. The van der Waals surface area contributed by atoms with Crippen LogP contribution in [0.25, 0.3) is 5.13 Å². The lowest BCUT2D eigenvalue weighted by Crippen LogP contribution is -2.09. The number of aromatic nitrogens is 4. The first-order chi connectivity index (χ1) is 8.52. The van der Waals surface area contributed by atoms with Gasteiger partial charge >= 0.3 is 0 Å². The Hall–Kier alpha value is -1.27. The number of nitrogens with zero attached hydrogens (tertiary/aromatic N) is 4. The van der Waals surface area contributed by atoms with Crippen LogP contribution in [-0.2, 0) is 13.0 Å². The summed E-state index contributed by atoms with van der Waals surface area (Å²) in [5, 5.41) is 9.24. The third kappa shape index (κ3) is 2.44. The zero-order chi connectivity index (χ0) is 13.3. The van der Waals surface area contributed by atoms with Crippen LogP contribution in [0.4, 0.5) is 0 Å². The Morgan fingerprint density at radius 3 is 2.56 bits per heavy atom. The fourth-order valence-electron chi connectivity index (χ4n) is 1.78. The van der Waals surface area contributed by atoms with E-state index in [0.717, 1.165) is 28.6 Å². The Morgan fingerprint density at radius 1 is 1.33 bits per heavy atom. The fourth-order valence-corrected chi connectivity index (χ4v) is 2.67. The molecule has 0 aliphatic rings. The third-order valence-electron chi connectivity index (χ3n) is 2.84. The van der Waals surface area contributed by atoms with Crippen LogP contribution in [0.5, 0.6) is 0 Å². The van der Waals surface area contributed by atoms with E-state index in [0.29, 0.717) is 12.5 Å². The van der Waals surface area contributed by atoms with Gasteiger partial charge in [-0.2, -0.15) is 4.68 Å². The molecule has 0 aliphatic heterocycles. The molecule has 2 heterocycles. The van der Waals surface area contributed by atoms with Gasteiger partial charge in [-0.1, -0.05) is 30.4 Å². The number of thiazole rings is 1. The summed E-state index contributed by atoms with van der Waals surface area (Å²) in [7, 11) is 0. The molecule has 0 fully saturated rings. The lowest BCUT2D eigenvalue weighted by molar-refractivity contribution is 0.610. The molecule has 18 heavy (non-hydrogen) atoms.